The molecule has 2 aromatic rings. The highest BCUT2D eigenvalue weighted by atomic mass is 16.2. The monoisotopic (exact) mass is 311 g/mol. The first-order chi connectivity index (χ1) is 11.2. The average molecular weight is 311 g/mol. The molecule has 2 aliphatic rings. The molecule has 0 bridgehead atoms. The van der Waals surface area contributed by atoms with E-state index in [1.807, 2.05) is 46.7 Å². The molecule has 1 aromatic carbocycles. The zero-order valence-corrected chi connectivity index (χ0v) is 13.3. The SMILES string of the molecule is C[C@H]1C(=O)N(Cc2ccccc2)Cc2nnc(C3CCCN3)n21. The Kier molecular flexibility index (Phi) is 3.61. The lowest BCUT2D eigenvalue weighted by molar-refractivity contribution is -0.137. The van der Waals surface area contributed by atoms with Gasteiger partial charge in [0, 0.05) is 6.54 Å². The molecule has 3 heterocycles. The van der Waals surface area contributed by atoms with Crippen molar-refractivity contribution in [1.82, 2.24) is 25.0 Å². The molecule has 120 valence electrons. The lowest BCUT2D eigenvalue weighted by Crippen LogP contribution is -2.42. The Morgan fingerprint density at radius 1 is 1.26 bits per heavy atom. The number of rotatable bonds is 3. The average Bonchev–Trinajstić information content (AvgIpc) is 3.22. The molecule has 1 fully saturated rings. The van der Waals surface area contributed by atoms with Crippen molar-refractivity contribution in [2.75, 3.05) is 6.54 Å². The van der Waals surface area contributed by atoms with Gasteiger partial charge in [0.2, 0.25) is 5.91 Å². The molecule has 0 saturated carbocycles. The molecule has 2 atom stereocenters. The fraction of sp³-hybridized carbons (Fsp3) is 0.471. The van der Waals surface area contributed by atoms with Gasteiger partial charge >= 0.3 is 0 Å². The number of carbonyl (C=O) groups excluding carboxylic acids is 1. The van der Waals surface area contributed by atoms with Crippen LogP contribution in [0.3, 0.4) is 0 Å². The summed E-state index contributed by atoms with van der Waals surface area (Å²) in [5.41, 5.74) is 1.14. The maximum absolute atomic E-state index is 12.8. The standard InChI is InChI=1S/C17H21N5O/c1-12-17(23)21(10-13-6-3-2-4-7-13)11-15-19-20-16(22(12)15)14-8-5-9-18-14/h2-4,6-7,12,14,18H,5,8-11H2,1H3/t12-,14?/m0/s1. The van der Waals surface area contributed by atoms with E-state index in [0.717, 1.165) is 36.6 Å². The first-order valence-corrected chi connectivity index (χ1v) is 8.24. The Labute approximate surface area is 135 Å². The molecule has 6 heteroatoms. The Hall–Kier alpha value is -2.21. The zero-order valence-electron chi connectivity index (χ0n) is 13.3. The Balaban J connectivity index is 1.61. The zero-order chi connectivity index (χ0) is 15.8. The quantitative estimate of drug-likeness (QED) is 0.939. The van der Waals surface area contributed by atoms with E-state index < -0.39 is 0 Å². The molecule has 0 aliphatic carbocycles. The minimum atomic E-state index is -0.241. The summed E-state index contributed by atoms with van der Waals surface area (Å²) >= 11 is 0. The van der Waals surface area contributed by atoms with Gasteiger partial charge in [-0.25, -0.2) is 0 Å². The van der Waals surface area contributed by atoms with Crippen LogP contribution in [0.5, 0.6) is 0 Å². The van der Waals surface area contributed by atoms with Crippen LogP contribution in [0.1, 0.15) is 49.1 Å². The molecule has 23 heavy (non-hydrogen) atoms. The highest BCUT2D eigenvalue weighted by Crippen LogP contribution is 2.29. The predicted octanol–water partition coefficient (Wildman–Crippen LogP) is 1.81. The maximum atomic E-state index is 12.8. The van der Waals surface area contributed by atoms with Gasteiger partial charge in [-0.05, 0) is 31.9 Å². The van der Waals surface area contributed by atoms with Gasteiger partial charge in [0.25, 0.3) is 0 Å². The highest BCUT2D eigenvalue weighted by molar-refractivity contribution is 5.81. The Morgan fingerprint density at radius 3 is 2.83 bits per heavy atom. The summed E-state index contributed by atoms with van der Waals surface area (Å²) in [7, 11) is 0. The third-order valence-corrected chi connectivity index (χ3v) is 4.77. The second kappa shape index (κ2) is 5.77. The summed E-state index contributed by atoms with van der Waals surface area (Å²) in [6, 6.07) is 10.1. The minimum absolute atomic E-state index is 0.139. The first kappa shape index (κ1) is 14.4. The topological polar surface area (TPSA) is 63.1 Å². The third kappa shape index (κ3) is 2.53. The summed E-state index contributed by atoms with van der Waals surface area (Å²) in [4.78, 5) is 14.7. The van der Waals surface area contributed by atoms with Crippen molar-refractivity contribution >= 4 is 5.91 Å². The summed E-state index contributed by atoms with van der Waals surface area (Å²) < 4.78 is 2.03. The molecule has 1 N–H and O–H groups in total. The molecule has 1 unspecified atom stereocenters. The van der Waals surface area contributed by atoms with Gasteiger partial charge in [0.05, 0.1) is 12.6 Å². The van der Waals surface area contributed by atoms with E-state index in [9.17, 15) is 4.79 Å². The van der Waals surface area contributed by atoms with Crippen molar-refractivity contribution in [3.63, 3.8) is 0 Å². The smallest absolute Gasteiger partial charge is 0.246 e. The number of fused-ring (bicyclic) bond motifs is 1. The second-order valence-electron chi connectivity index (χ2n) is 6.35. The largest absolute Gasteiger partial charge is 0.329 e. The number of benzene rings is 1. The minimum Gasteiger partial charge on any atom is -0.329 e. The molecule has 1 amide bonds. The van der Waals surface area contributed by atoms with Gasteiger partial charge < -0.3 is 10.2 Å². The Morgan fingerprint density at radius 2 is 2.09 bits per heavy atom. The number of aromatic nitrogens is 3. The molecule has 1 aromatic heterocycles. The van der Waals surface area contributed by atoms with E-state index in [1.54, 1.807) is 0 Å². The Bertz CT molecular complexity index is 705. The molecule has 1 saturated heterocycles. The van der Waals surface area contributed by atoms with Gasteiger partial charge in [-0.3, -0.25) is 9.36 Å². The van der Waals surface area contributed by atoms with Crippen molar-refractivity contribution in [2.24, 2.45) is 0 Å². The van der Waals surface area contributed by atoms with Crippen molar-refractivity contribution in [1.29, 1.82) is 0 Å². The number of nitrogens with zero attached hydrogens (tertiary/aromatic N) is 4. The van der Waals surface area contributed by atoms with Crippen LogP contribution in [-0.4, -0.2) is 32.1 Å². The van der Waals surface area contributed by atoms with Crippen LogP contribution in [-0.2, 0) is 17.9 Å². The van der Waals surface area contributed by atoms with Crippen molar-refractivity contribution in [3.05, 3.63) is 47.5 Å². The van der Waals surface area contributed by atoms with Gasteiger partial charge in [0.15, 0.2) is 11.6 Å². The molecular formula is C17H21N5O. The van der Waals surface area contributed by atoms with Crippen molar-refractivity contribution < 1.29 is 4.79 Å². The van der Waals surface area contributed by atoms with Crippen LogP contribution in [0.4, 0.5) is 0 Å². The van der Waals surface area contributed by atoms with Crippen LogP contribution in [0.15, 0.2) is 30.3 Å². The number of hydrogen-bond donors (Lipinski definition) is 1. The van der Waals surface area contributed by atoms with E-state index in [-0.39, 0.29) is 18.0 Å². The van der Waals surface area contributed by atoms with E-state index in [0.29, 0.717) is 13.1 Å². The van der Waals surface area contributed by atoms with Crippen molar-refractivity contribution in [3.8, 4) is 0 Å². The number of hydrogen-bond acceptors (Lipinski definition) is 4. The molecular weight excluding hydrogens is 290 g/mol. The summed E-state index contributed by atoms with van der Waals surface area (Å²) in [5.74, 6) is 1.94. The third-order valence-electron chi connectivity index (χ3n) is 4.77. The molecule has 2 aliphatic heterocycles. The molecule has 0 spiro atoms. The van der Waals surface area contributed by atoms with Crippen LogP contribution >= 0.6 is 0 Å². The summed E-state index contributed by atoms with van der Waals surface area (Å²) in [5, 5.41) is 12.2. The van der Waals surface area contributed by atoms with Crippen molar-refractivity contribution in [2.45, 2.75) is 44.9 Å². The lowest BCUT2D eigenvalue weighted by atomic mass is 10.1. The van der Waals surface area contributed by atoms with E-state index in [1.165, 1.54) is 0 Å². The van der Waals surface area contributed by atoms with Crippen LogP contribution < -0.4 is 5.32 Å². The van der Waals surface area contributed by atoms with E-state index in [4.69, 9.17) is 0 Å². The number of carbonyl (C=O) groups is 1. The summed E-state index contributed by atoms with van der Waals surface area (Å²) in [6.07, 6.45) is 2.21. The summed E-state index contributed by atoms with van der Waals surface area (Å²) in [6.45, 7) is 4.10. The van der Waals surface area contributed by atoms with Crippen LogP contribution in [0, 0.1) is 0 Å². The first-order valence-electron chi connectivity index (χ1n) is 8.24. The predicted molar refractivity (Wildman–Crippen MR) is 85.4 cm³/mol. The van der Waals surface area contributed by atoms with E-state index in [2.05, 4.69) is 15.5 Å². The molecule has 0 radical (unpaired) electrons. The van der Waals surface area contributed by atoms with Crippen LogP contribution in [0.2, 0.25) is 0 Å². The normalized spacial score (nSPS) is 24.0. The molecule has 4 rings (SSSR count). The lowest BCUT2D eigenvalue weighted by Gasteiger charge is -2.32. The van der Waals surface area contributed by atoms with Gasteiger partial charge in [-0.2, -0.15) is 0 Å². The van der Waals surface area contributed by atoms with Gasteiger partial charge in [-0.1, -0.05) is 30.3 Å². The molecule has 6 nitrogen and oxygen atoms in total. The van der Waals surface area contributed by atoms with Crippen LogP contribution in [0.25, 0.3) is 0 Å². The van der Waals surface area contributed by atoms with Gasteiger partial charge in [-0.15, -0.1) is 10.2 Å². The van der Waals surface area contributed by atoms with E-state index >= 15 is 0 Å². The maximum Gasteiger partial charge on any atom is 0.246 e. The number of nitrogens with one attached hydrogen (secondary N) is 1. The fourth-order valence-corrected chi connectivity index (χ4v) is 3.57. The second-order valence-corrected chi connectivity index (χ2v) is 6.35. The highest BCUT2D eigenvalue weighted by Gasteiger charge is 2.35. The fourth-order valence-electron chi connectivity index (χ4n) is 3.57. The van der Waals surface area contributed by atoms with Gasteiger partial charge in [0.1, 0.15) is 6.04 Å². The number of amides is 1.